The molecule has 2 aromatic carbocycles. The summed E-state index contributed by atoms with van der Waals surface area (Å²) >= 11 is 0. The Morgan fingerprint density at radius 1 is 1.11 bits per heavy atom. The Hall–Kier alpha value is -3.40. The number of hydrogen-bond donors (Lipinski definition) is 0. The molecule has 3 amide bonds. The van der Waals surface area contributed by atoms with E-state index in [1.165, 1.54) is 0 Å². The van der Waals surface area contributed by atoms with Crippen LogP contribution in [-0.4, -0.2) is 81.2 Å². The molecule has 0 N–H and O–H groups in total. The molecule has 3 aliphatic rings. The van der Waals surface area contributed by atoms with Crippen molar-refractivity contribution in [2.45, 2.75) is 30.7 Å². The Kier molecular flexibility index (Phi) is 6.47. The first-order valence-electron chi connectivity index (χ1n) is 12.5. The monoisotopic (exact) mass is 525 g/mol. The highest BCUT2D eigenvalue weighted by Crippen LogP contribution is 2.56. The van der Waals surface area contributed by atoms with Gasteiger partial charge in [0.15, 0.2) is 0 Å². The molecule has 4 bridgehead atoms. The lowest BCUT2D eigenvalue weighted by molar-refractivity contribution is -0.134. The first-order valence-corrected chi connectivity index (χ1v) is 14.5. The van der Waals surface area contributed by atoms with Gasteiger partial charge in [-0.25, -0.2) is 8.42 Å². The van der Waals surface area contributed by atoms with Crippen molar-refractivity contribution in [2.24, 2.45) is 0 Å². The molecule has 196 valence electrons. The second kappa shape index (κ2) is 9.48. The molecular formula is C27H31N3O6S. The molecule has 0 aromatic heterocycles. The number of para-hydroxylation sites is 1. The summed E-state index contributed by atoms with van der Waals surface area (Å²) in [6, 6.07) is 14.2. The van der Waals surface area contributed by atoms with Gasteiger partial charge in [-0.05, 0) is 42.2 Å². The first kappa shape index (κ1) is 25.3. The largest absolute Gasteiger partial charge is 0.494 e. The summed E-state index contributed by atoms with van der Waals surface area (Å²) < 4.78 is 29.6. The van der Waals surface area contributed by atoms with Gasteiger partial charge in [0.25, 0.3) is 0 Å². The van der Waals surface area contributed by atoms with Gasteiger partial charge in [-0.15, -0.1) is 0 Å². The summed E-state index contributed by atoms with van der Waals surface area (Å²) in [5.74, 6) is -0.361. The lowest BCUT2D eigenvalue weighted by Crippen LogP contribution is -2.48. The molecule has 2 atom stereocenters. The fraction of sp³-hybridized carbons (Fsp3) is 0.444. The molecule has 3 aliphatic heterocycles. The minimum Gasteiger partial charge on any atom is -0.494 e. The maximum atomic E-state index is 14.4. The number of carbonyl (C=O) groups is 3. The minimum atomic E-state index is -3.34. The van der Waals surface area contributed by atoms with Crippen molar-refractivity contribution in [3.05, 3.63) is 59.7 Å². The number of likely N-dealkylation sites (tertiary alicyclic amines) is 1. The molecule has 0 unspecified atom stereocenters. The standard InChI is InChI=1S/C27H31N3O6S/c1-28-13-6-15-36-20-8-5-7-19(17-20)25-27(12-14-29(25)23(31)11-16-37(2,34)35)21-9-3-4-10-22(21)30(26(27)33)18-24(28)32/h3-5,7-10,17,25H,6,11-16,18H2,1-2H3/t25-,27+/m0/s1. The van der Waals surface area contributed by atoms with Crippen molar-refractivity contribution in [1.29, 1.82) is 0 Å². The Morgan fingerprint density at radius 2 is 1.89 bits per heavy atom. The molecule has 37 heavy (non-hydrogen) atoms. The van der Waals surface area contributed by atoms with Crippen molar-refractivity contribution in [3.8, 4) is 5.75 Å². The van der Waals surface area contributed by atoms with Crippen molar-refractivity contribution >= 4 is 33.2 Å². The number of benzene rings is 2. The number of sulfone groups is 1. The van der Waals surface area contributed by atoms with E-state index in [9.17, 15) is 22.8 Å². The maximum absolute atomic E-state index is 14.4. The Balaban J connectivity index is 1.67. The van der Waals surface area contributed by atoms with Crippen molar-refractivity contribution in [3.63, 3.8) is 0 Å². The number of nitrogens with zero attached hydrogens (tertiary/aromatic N) is 3. The van der Waals surface area contributed by atoms with Crippen LogP contribution in [0.2, 0.25) is 0 Å². The van der Waals surface area contributed by atoms with Crippen LogP contribution in [0.1, 0.15) is 36.4 Å². The molecule has 0 radical (unpaired) electrons. The van der Waals surface area contributed by atoms with Gasteiger partial charge in [0.1, 0.15) is 27.5 Å². The second-order valence-corrected chi connectivity index (χ2v) is 12.3. The number of anilines is 1. The van der Waals surface area contributed by atoms with E-state index in [0.29, 0.717) is 44.0 Å². The fourth-order valence-electron chi connectivity index (χ4n) is 5.84. The Bertz CT molecular complexity index is 1360. The number of likely N-dealkylation sites (N-methyl/N-ethyl adjacent to an activating group) is 1. The van der Waals surface area contributed by atoms with Crippen LogP contribution in [0.3, 0.4) is 0 Å². The number of hydrogen-bond acceptors (Lipinski definition) is 6. The van der Waals surface area contributed by atoms with E-state index in [1.54, 1.807) is 21.7 Å². The Labute approximate surface area is 216 Å². The summed E-state index contributed by atoms with van der Waals surface area (Å²) in [6.07, 6.45) is 1.94. The quantitative estimate of drug-likeness (QED) is 0.607. The molecule has 0 aliphatic carbocycles. The average Bonchev–Trinajstić information content (AvgIpc) is 3.38. The van der Waals surface area contributed by atoms with Crippen LogP contribution >= 0.6 is 0 Å². The molecule has 2 aromatic rings. The summed E-state index contributed by atoms with van der Waals surface area (Å²) in [7, 11) is -1.62. The number of carbonyl (C=O) groups excluding carboxylic acids is 3. The van der Waals surface area contributed by atoms with Gasteiger partial charge in [0, 0.05) is 38.5 Å². The van der Waals surface area contributed by atoms with Crippen LogP contribution in [0.15, 0.2) is 48.5 Å². The predicted octanol–water partition coefficient (Wildman–Crippen LogP) is 1.92. The van der Waals surface area contributed by atoms with Gasteiger partial charge >= 0.3 is 0 Å². The number of rotatable bonds is 3. The van der Waals surface area contributed by atoms with Crippen molar-refractivity contribution in [2.75, 3.05) is 50.2 Å². The highest BCUT2D eigenvalue weighted by molar-refractivity contribution is 7.90. The van der Waals surface area contributed by atoms with Crippen molar-refractivity contribution in [1.82, 2.24) is 9.80 Å². The summed E-state index contributed by atoms with van der Waals surface area (Å²) in [5.41, 5.74) is 1.10. The summed E-state index contributed by atoms with van der Waals surface area (Å²) in [6.45, 7) is 1.11. The highest BCUT2D eigenvalue weighted by atomic mass is 32.2. The van der Waals surface area contributed by atoms with E-state index in [2.05, 4.69) is 0 Å². The van der Waals surface area contributed by atoms with Crippen LogP contribution in [-0.2, 0) is 29.6 Å². The molecule has 3 heterocycles. The van der Waals surface area contributed by atoms with Gasteiger partial charge in [0.05, 0.1) is 18.4 Å². The van der Waals surface area contributed by atoms with Gasteiger partial charge < -0.3 is 19.4 Å². The van der Waals surface area contributed by atoms with Crippen LogP contribution in [0.25, 0.3) is 0 Å². The van der Waals surface area contributed by atoms with E-state index >= 15 is 0 Å². The van der Waals surface area contributed by atoms with Gasteiger partial charge in [-0.1, -0.05) is 30.3 Å². The molecule has 1 spiro atoms. The second-order valence-electron chi connectivity index (χ2n) is 10.1. The van der Waals surface area contributed by atoms with Crippen molar-refractivity contribution < 1.29 is 27.5 Å². The number of amides is 3. The predicted molar refractivity (Wildman–Crippen MR) is 138 cm³/mol. The Morgan fingerprint density at radius 3 is 2.68 bits per heavy atom. The van der Waals surface area contributed by atoms with E-state index in [4.69, 9.17) is 4.74 Å². The summed E-state index contributed by atoms with van der Waals surface area (Å²) in [5, 5.41) is 0. The molecule has 10 heteroatoms. The first-order chi connectivity index (χ1) is 17.6. The molecule has 5 rings (SSSR count). The van der Waals surface area contributed by atoms with E-state index in [1.807, 2.05) is 48.5 Å². The van der Waals surface area contributed by atoms with E-state index in [-0.39, 0.29) is 36.4 Å². The van der Waals surface area contributed by atoms with E-state index in [0.717, 1.165) is 17.4 Å². The minimum absolute atomic E-state index is 0.0935. The normalized spacial score (nSPS) is 23.8. The van der Waals surface area contributed by atoms with E-state index < -0.39 is 21.3 Å². The number of fused-ring (bicyclic) bond motifs is 6. The maximum Gasteiger partial charge on any atom is 0.242 e. The average molecular weight is 526 g/mol. The summed E-state index contributed by atoms with van der Waals surface area (Å²) in [4.78, 5) is 45.7. The van der Waals surface area contributed by atoms with Crippen LogP contribution in [0, 0.1) is 0 Å². The zero-order valence-electron chi connectivity index (χ0n) is 21.1. The topological polar surface area (TPSA) is 104 Å². The number of ether oxygens (including phenoxy) is 1. The SMILES string of the molecule is CN1CCCOc2cccc(c2)[C@@H]2N(C(=O)CCS(C)(=O)=O)CC[C@]23C(=O)N(CC1=O)c1ccccc13. The molecule has 1 saturated heterocycles. The van der Waals surface area contributed by atoms with Gasteiger partial charge in [-0.2, -0.15) is 0 Å². The molecule has 1 fully saturated rings. The lowest BCUT2D eigenvalue weighted by atomic mass is 9.72. The zero-order valence-corrected chi connectivity index (χ0v) is 21.9. The third-order valence-corrected chi connectivity index (χ3v) is 8.58. The van der Waals surface area contributed by atoms with Gasteiger partial charge in [-0.3, -0.25) is 14.4 Å². The smallest absolute Gasteiger partial charge is 0.242 e. The fourth-order valence-corrected chi connectivity index (χ4v) is 6.38. The third-order valence-electron chi connectivity index (χ3n) is 7.63. The van der Waals surface area contributed by atoms with Crippen LogP contribution < -0.4 is 9.64 Å². The van der Waals surface area contributed by atoms with Gasteiger partial charge in [0.2, 0.25) is 17.7 Å². The molecule has 9 nitrogen and oxygen atoms in total. The highest BCUT2D eigenvalue weighted by Gasteiger charge is 2.61. The van der Waals surface area contributed by atoms with Crippen LogP contribution in [0.5, 0.6) is 5.75 Å². The lowest BCUT2D eigenvalue weighted by Gasteiger charge is -2.35. The molecular weight excluding hydrogens is 494 g/mol. The molecule has 0 saturated carbocycles. The third kappa shape index (κ3) is 4.47. The zero-order chi connectivity index (χ0) is 26.4. The van der Waals surface area contributed by atoms with Crippen LogP contribution in [0.4, 0.5) is 5.69 Å².